The molecule has 212 valence electrons. The van der Waals surface area contributed by atoms with Crippen molar-refractivity contribution in [1.29, 1.82) is 0 Å². The average Bonchev–Trinajstić information content (AvgIpc) is 3.13. The fraction of sp³-hybridized carbons (Fsp3) is 0. The Morgan fingerprint density at radius 1 is 0.239 bits per heavy atom. The summed E-state index contributed by atoms with van der Waals surface area (Å²) in [6.45, 7) is 0. The van der Waals surface area contributed by atoms with Gasteiger partial charge in [0.2, 0.25) is 0 Å². The quantitative estimate of drug-likeness (QED) is 0.144. The number of rotatable bonds is 3. The Kier molecular flexibility index (Phi) is 5.38. The fourth-order valence-corrected chi connectivity index (χ4v) is 8.07. The maximum absolute atomic E-state index is 2.44. The minimum Gasteiger partial charge on any atom is -0.0622 e. The van der Waals surface area contributed by atoms with E-state index >= 15 is 0 Å². The molecular formula is C46H28. The summed E-state index contributed by atoms with van der Waals surface area (Å²) in [7, 11) is 0. The van der Waals surface area contributed by atoms with Crippen LogP contribution in [-0.4, -0.2) is 0 Å². The number of hydrogen-bond acceptors (Lipinski definition) is 0. The monoisotopic (exact) mass is 580 g/mol. The summed E-state index contributed by atoms with van der Waals surface area (Å²) in [6.07, 6.45) is 0. The van der Waals surface area contributed by atoms with E-state index in [4.69, 9.17) is 0 Å². The minimum absolute atomic E-state index is 1.23. The zero-order valence-corrected chi connectivity index (χ0v) is 25.2. The van der Waals surface area contributed by atoms with E-state index in [1.165, 1.54) is 98.0 Å². The fourth-order valence-electron chi connectivity index (χ4n) is 8.07. The van der Waals surface area contributed by atoms with Crippen molar-refractivity contribution in [3.05, 3.63) is 170 Å². The second kappa shape index (κ2) is 9.76. The second-order valence-corrected chi connectivity index (χ2v) is 12.4. The lowest BCUT2D eigenvalue weighted by Gasteiger charge is -2.21. The molecule has 0 heteroatoms. The lowest BCUT2D eigenvalue weighted by atomic mass is 9.82. The van der Waals surface area contributed by atoms with Crippen LogP contribution in [0.4, 0.5) is 0 Å². The lowest BCUT2D eigenvalue weighted by molar-refractivity contribution is 1.62. The molecule has 10 aromatic carbocycles. The van der Waals surface area contributed by atoms with Crippen molar-refractivity contribution in [2.75, 3.05) is 0 Å². The highest BCUT2D eigenvalue weighted by molar-refractivity contribution is 6.40. The van der Waals surface area contributed by atoms with E-state index in [-0.39, 0.29) is 0 Å². The molecule has 0 spiro atoms. The van der Waals surface area contributed by atoms with Crippen LogP contribution in [0.1, 0.15) is 0 Å². The van der Waals surface area contributed by atoms with Crippen LogP contribution in [-0.2, 0) is 0 Å². The molecule has 0 aliphatic heterocycles. The van der Waals surface area contributed by atoms with Crippen LogP contribution in [0.5, 0.6) is 0 Å². The summed E-state index contributed by atoms with van der Waals surface area (Å²) in [6, 6.07) is 62.8. The largest absolute Gasteiger partial charge is 0.0622 e. The predicted octanol–water partition coefficient (Wildman–Crippen LogP) is 13.0. The molecule has 46 heavy (non-hydrogen) atoms. The SMILES string of the molecule is c1ccc(-c2cc(-c3c4ccccc4c4c5cccc6cccc(c7cccc3c74)c65)cc3c(-c4ccccc4)cccc23)cc1. The van der Waals surface area contributed by atoms with Gasteiger partial charge >= 0.3 is 0 Å². The van der Waals surface area contributed by atoms with Gasteiger partial charge in [0.15, 0.2) is 0 Å². The van der Waals surface area contributed by atoms with E-state index in [9.17, 15) is 0 Å². The zero-order valence-electron chi connectivity index (χ0n) is 25.2. The summed E-state index contributed by atoms with van der Waals surface area (Å²) in [5.41, 5.74) is 7.51. The Morgan fingerprint density at radius 3 is 1.50 bits per heavy atom. The summed E-state index contributed by atoms with van der Waals surface area (Å²) in [4.78, 5) is 0. The van der Waals surface area contributed by atoms with Crippen LogP contribution < -0.4 is 0 Å². The van der Waals surface area contributed by atoms with Crippen LogP contribution in [0.25, 0.3) is 98.0 Å². The molecule has 0 radical (unpaired) electrons. The third-order valence-corrected chi connectivity index (χ3v) is 9.97. The van der Waals surface area contributed by atoms with Gasteiger partial charge in [0, 0.05) is 0 Å². The van der Waals surface area contributed by atoms with Crippen LogP contribution in [0.3, 0.4) is 0 Å². The van der Waals surface area contributed by atoms with E-state index in [2.05, 4.69) is 170 Å². The standard InChI is InChI=1S/C46H28/c1-3-13-29(14-4-1)33-21-11-22-34-41(30-15-5-2-6-16-30)27-32(28-42(33)34)44-35-19-7-8-20-37(35)45-39-25-10-18-31-17-9-23-36(43(31)39)38-24-12-26-40(44)46(38)45/h1-28H. The Labute approximate surface area is 267 Å². The van der Waals surface area contributed by atoms with Gasteiger partial charge < -0.3 is 0 Å². The van der Waals surface area contributed by atoms with Crippen molar-refractivity contribution in [3.8, 4) is 33.4 Å². The normalized spacial score (nSPS) is 11.9. The maximum atomic E-state index is 2.44. The van der Waals surface area contributed by atoms with Crippen molar-refractivity contribution in [2.24, 2.45) is 0 Å². The van der Waals surface area contributed by atoms with Gasteiger partial charge in [-0.05, 0) is 110 Å². The van der Waals surface area contributed by atoms with Crippen molar-refractivity contribution < 1.29 is 0 Å². The Balaban J connectivity index is 1.42. The molecule has 0 unspecified atom stereocenters. The molecule has 0 saturated heterocycles. The average molecular weight is 581 g/mol. The first-order valence-corrected chi connectivity index (χ1v) is 16.0. The van der Waals surface area contributed by atoms with Gasteiger partial charge in [-0.3, -0.25) is 0 Å². The predicted molar refractivity (Wildman–Crippen MR) is 199 cm³/mol. The van der Waals surface area contributed by atoms with E-state index in [0.29, 0.717) is 0 Å². The van der Waals surface area contributed by atoms with Crippen LogP contribution in [0, 0.1) is 0 Å². The minimum atomic E-state index is 1.23. The zero-order chi connectivity index (χ0) is 30.2. The van der Waals surface area contributed by atoms with Gasteiger partial charge in [-0.2, -0.15) is 0 Å². The molecule has 0 fully saturated rings. The smallest absolute Gasteiger partial charge is 0.00137 e. The summed E-state index contributed by atoms with van der Waals surface area (Å²) in [5.74, 6) is 0. The molecule has 10 rings (SSSR count). The van der Waals surface area contributed by atoms with Gasteiger partial charge in [0.05, 0.1) is 0 Å². The third-order valence-electron chi connectivity index (χ3n) is 9.97. The van der Waals surface area contributed by atoms with Crippen LogP contribution in [0.15, 0.2) is 170 Å². The molecule has 0 atom stereocenters. The molecule has 0 nitrogen and oxygen atoms in total. The number of hydrogen-bond donors (Lipinski definition) is 0. The summed E-state index contributed by atoms with van der Waals surface area (Å²) >= 11 is 0. The maximum Gasteiger partial charge on any atom is -0.00137 e. The first-order chi connectivity index (χ1) is 22.8. The van der Waals surface area contributed by atoms with E-state index < -0.39 is 0 Å². The molecule has 0 aliphatic carbocycles. The van der Waals surface area contributed by atoms with E-state index in [1.54, 1.807) is 0 Å². The number of fused-ring (bicyclic) bond motifs is 5. The van der Waals surface area contributed by atoms with Crippen LogP contribution in [0.2, 0.25) is 0 Å². The molecule has 0 heterocycles. The summed E-state index contributed by atoms with van der Waals surface area (Å²) < 4.78 is 0. The third kappa shape index (κ3) is 3.56. The molecule has 0 saturated carbocycles. The van der Waals surface area contributed by atoms with Crippen molar-refractivity contribution in [1.82, 2.24) is 0 Å². The van der Waals surface area contributed by atoms with E-state index in [0.717, 1.165) is 0 Å². The van der Waals surface area contributed by atoms with Crippen molar-refractivity contribution >= 4 is 64.6 Å². The second-order valence-electron chi connectivity index (χ2n) is 12.4. The number of benzene rings is 10. The molecule has 0 aliphatic rings. The molecule has 0 bridgehead atoms. The highest BCUT2D eigenvalue weighted by Crippen LogP contribution is 2.49. The van der Waals surface area contributed by atoms with Crippen molar-refractivity contribution in [3.63, 3.8) is 0 Å². The Bertz CT molecular complexity index is 2770. The highest BCUT2D eigenvalue weighted by Gasteiger charge is 2.21. The molecule has 0 amide bonds. The van der Waals surface area contributed by atoms with Crippen LogP contribution >= 0.6 is 0 Å². The summed E-state index contributed by atoms with van der Waals surface area (Å²) in [5, 5.41) is 15.7. The molecule has 0 N–H and O–H groups in total. The molecule has 10 aromatic rings. The topological polar surface area (TPSA) is 0 Å². The Hall–Kier alpha value is -5.98. The first kappa shape index (κ1) is 25.4. The van der Waals surface area contributed by atoms with Gasteiger partial charge in [-0.1, -0.05) is 158 Å². The van der Waals surface area contributed by atoms with Gasteiger partial charge in [0.1, 0.15) is 0 Å². The molecule has 0 aromatic heterocycles. The van der Waals surface area contributed by atoms with Gasteiger partial charge in [0.25, 0.3) is 0 Å². The van der Waals surface area contributed by atoms with E-state index in [1.807, 2.05) is 0 Å². The van der Waals surface area contributed by atoms with Gasteiger partial charge in [-0.25, -0.2) is 0 Å². The Morgan fingerprint density at radius 2 is 0.739 bits per heavy atom. The highest BCUT2D eigenvalue weighted by atomic mass is 14.2. The lowest BCUT2D eigenvalue weighted by Crippen LogP contribution is -1.93. The molecular weight excluding hydrogens is 553 g/mol. The first-order valence-electron chi connectivity index (χ1n) is 16.0. The van der Waals surface area contributed by atoms with Crippen molar-refractivity contribution in [2.45, 2.75) is 0 Å². The van der Waals surface area contributed by atoms with Gasteiger partial charge in [-0.15, -0.1) is 0 Å².